The molecule has 4 nitrogen and oxygen atoms in total. The van der Waals surface area contributed by atoms with E-state index in [9.17, 15) is 0 Å². The molecule has 2 rings (SSSR count). The summed E-state index contributed by atoms with van der Waals surface area (Å²) in [5.41, 5.74) is 1.14. The number of H-pyrrole nitrogens is 1. The Balaban J connectivity index is 1.69. The van der Waals surface area contributed by atoms with Gasteiger partial charge in [0.05, 0.1) is 6.33 Å². The normalized spacial score (nSPS) is 26.7. The first-order chi connectivity index (χ1) is 7.38. The zero-order valence-electron chi connectivity index (χ0n) is 8.95. The standard InChI is InChI=1S/C11H19N3O/c15-7-9-1-3-10(4-2-9)13-6-11-5-12-8-14-11/h5,8-10,13,15H,1-4,6-7H2,(H,12,14). The molecule has 1 saturated carbocycles. The predicted octanol–water partition coefficient (Wildman–Crippen LogP) is 1.05. The highest BCUT2D eigenvalue weighted by molar-refractivity contribution is 4.94. The minimum Gasteiger partial charge on any atom is -0.396 e. The van der Waals surface area contributed by atoms with E-state index in [1.165, 1.54) is 12.8 Å². The van der Waals surface area contributed by atoms with E-state index in [2.05, 4.69) is 15.3 Å². The Morgan fingerprint density at radius 1 is 1.40 bits per heavy atom. The molecule has 1 aromatic heterocycles. The van der Waals surface area contributed by atoms with Gasteiger partial charge in [-0.1, -0.05) is 0 Å². The summed E-state index contributed by atoms with van der Waals surface area (Å²) in [6.07, 6.45) is 8.22. The van der Waals surface area contributed by atoms with E-state index in [4.69, 9.17) is 5.11 Å². The summed E-state index contributed by atoms with van der Waals surface area (Å²) in [7, 11) is 0. The Hall–Kier alpha value is -0.870. The Morgan fingerprint density at radius 3 is 2.80 bits per heavy atom. The van der Waals surface area contributed by atoms with Crippen molar-refractivity contribution in [3.8, 4) is 0 Å². The van der Waals surface area contributed by atoms with Crippen LogP contribution in [0.25, 0.3) is 0 Å². The van der Waals surface area contributed by atoms with Gasteiger partial charge in [-0.15, -0.1) is 0 Å². The Labute approximate surface area is 90.1 Å². The van der Waals surface area contributed by atoms with Crippen LogP contribution in [0.4, 0.5) is 0 Å². The molecule has 0 bridgehead atoms. The first-order valence-corrected chi connectivity index (χ1v) is 5.70. The van der Waals surface area contributed by atoms with Crippen molar-refractivity contribution in [3.05, 3.63) is 18.2 Å². The summed E-state index contributed by atoms with van der Waals surface area (Å²) in [5, 5.41) is 12.5. The van der Waals surface area contributed by atoms with Crippen molar-refractivity contribution in [3.63, 3.8) is 0 Å². The van der Waals surface area contributed by atoms with Crippen LogP contribution in [-0.2, 0) is 6.54 Å². The number of hydrogen-bond acceptors (Lipinski definition) is 3. The molecule has 1 aliphatic rings. The van der Waals surface area contributed by atoms with Gasteiger partial charge in [0.2, 0.25) is 0 Å². The molecular weight excluding hydrogens is 190 g/mol. The molecule has 1 heterocycles. The second kappa shape index (κ2) is 5.28. The van der Waals surface area contributed by atoms with Gasteiger partial charge in [-0.3, -0.25) is 0 Å². The zero-order chi connectivity index (χ0) is 10.5. The van der Waals surface area contributed by atoms with Crippen LogP contribution in [0, 0.1) is 5.92 Å². The number of aromatic amines is 1. The van der Waals surface area contributed by atoms with E-state index in [0.29, 0.717) is 18.6 Å². The predicted molar refractivity (Wildman–Crippen MR) is 58.3 cm³/mol. The lowest BCUT2D eigenvalue weighted by atomic mass is 9.86. The molecule has 3 N–H and O–H groups in total. The van der Waals surface area contributed by atoms with Crippen LogP contribution in [-0.4, -0.2) is 27.7 Å². The first kappa shape index (κ1) is 10.6. The van der Waals surface area contributed by atoms with Crippen molar-refractivity contribution in [1.29, 1.82) is 0 Å². The van der Waals surface area contributed by atoms with Gasteiger partial charge in [-0.2, -0.15) is 0 Å². The summed E-state index contributed by atoms with van der Waals surface area (Å²) in [6, 6.07) is 0.608. The SMILES string of the molecule is OCC1CCC(NCc2cnc[nH]2)CC1. The number of aliphatic hydroxyl groups is 1. The molecule has 0 atom stereocenters. The Morgan fingerprint density at radius 2 is 2.20 bits per heavy atom. The molecule has 4 heteroatoms. The molecule has 0 amide bonds. The van der Waals surface area contributed by atoms with Crippen LogP contribution >= 0.6 is 0 Å². The monoisotopic (exact) mass is 209 g/mol. The second-order valence-corrected chi connectivity index (χ2v) is 4.36. The highest BCUT2D eigenvalue weighted by atomic mass is 16.3. The molecule has 0 radical (unpaired) electrons. The van der Waals surface area contributed by atoms with Gasteiger partial charge in [-0.05, 0) is 31.6 Å². The minimum atomic E-state index is 0.354. The molecule has 0 unspecified atom stereocenters. The molecule has 1 aliphatic carbocycles. The van der Waals surface area contributed by atoms with Crippen molar-refractivity contribution < 1.29 is 5.11 Å². The Kier molecular flexibility index (Phi) is 3.75. The van der Waals surface area contributed by atoms with E-state index in [0.717, 1.165) is 25.1 Å². The van der Waals surface area contributed by atoms with Crippen LogP contribution < -0.4 is 5.32 Å². The van der Waals surface area contributed by atoms with E-state index < -0.39 is 0 Å². The van der Waals surface area contributed by atoms with Crippen LogP contribution in [0.15, 0.2) is 12.5 Å². The third kappa shape index (κ3) is 3.04. The zero-order valence-corrected chi connectivity index (χ0v) is 8.95. The number of rotatable bonds is 4. The number of nitrogens with zero attached hydrogens (tertiary/aromatic N) is 1. The van der Waals surface area contributed by atoms with Crippen LogP contribution in [0.5, 0.6) is 0 Å². The van der Waals surface area contributed by atoms with E-state index >= 15 is 0 Å². The molecule has 84 valence electrons. The lowest BCUT2D eigenvalue weighted by molar-refractivity contribution is 0.175. The van der Waals surface area contributed by atoms with E-state index in [1.54, 1.807) is 6.33 Å². The maximum atomic E-state index is 9.02. The maximum Gasteiger partial charge on any atom is 0.0922 e. The first-order valence-electron chi connectivity index (χ1n) is 5.70. The molecule has 0 aromatic carbocycles. The third-order valence-corrected chi connectivity index (χ3v) is 3.24. The molecular formula is C11H19N3O. The second-order valence-electron chi connectivity index (χ2n) is 4.36. The largest absolute Gasteiger partial charge is 0.396 e. The lowest BCUT2D eigenvalue weighted by Gasteiger charge is -2.27. The van der Waals surface area contributed by atoms with E-state index in [1.807, 2.05) is 6.20 Å². The van der Waals surface area contributed by atoms with Gasteiger partial charge in [0.1, 0.15) is 0 Å². The summed E-state index contributed by atoms with van der Waals surface area (Å²) in [5.74, 6) is 0.537. The summed E-state index contributed by atoms with van der Waals surface area (Å²) >= 11 is 0. The van der Waals surface area contributed by atoms with Crippen molar-refractivity contribution in [2.24, 2.45) is 5.92 Å². The molecule has 15 heavy (non-hydrogen) atoms. The summed E-state index contributed by atoms with van der Waals surface area (Å²) in [4.78, 5) is 7.07. The molecule has 0 saturated heterocycles. The fraction of sp³-hybridized carbons (Fsp3) is 0.727. The quantitative estimate of drug-likeness (QED) is 0.694. The number of nitrogens with one attached hydrogen (secondary N) is 2. The number of aromatic nitrogens is 2. The fourth-order valence-electron chi connectivity index (χ4n) is 2.18. The molecule has 1 fully saturated rings. The highest BCUT2D eigenvalue weighted by Crippen LogP contribution is 2.23. The minimum absolute atomic E-state index is 0.354. The molecule has 1 aromatic rings. The van der Waals surface area contributed by atoms with E-state index in [-0.39, 0.29) is 0 Å². The smallest absolute Gasteiger partial charge is 0.0922 e. The van der Waals surface area contributed by atoms with Crippen molar-refractivity contribution in [2.75, 3.05) is 6.61 Å². The topological polar surface area (TPSA) is 60.9 Å². The van der Waals surface area contributed by atoms with Crippen LogP contribution in [0.1, 0.15) is 31.4 Å². The Bertz CT molecular complexity index is 265. The van der Waals surface area contributed by atoms with Gasteiger partial charge >= 0.3 is 0 Å². The summed E-state index contributed by atoms with van der Waals surface area (Å²) in [6.45, 7) is 1.22. The van der Waals surface area contributed by atoms with Gasteiger partial charge in [0.15, 0.2) is 0 Å². The molecule has 0 aliphatic heterocycles. The van der Waals surface area contributed by atoms with Gasteiger partial charge in [-0.25, -0.2) is 4.98 Å². The van der Waals surface area contributed by atoms with Crippen LogP contribution in [0.2, 0.25) is 0 Å². The number of hydrogen-bond donors (Lipinski definition) is 3. The summed E-state index contributed by atoms with van der Waals surface area (Å²) < 4.78 is 0. The van der Waals surface area contributed by atoms with Crippen molar-refractivity contribution in [1.82, 2.24) is 15.3 Å². The molecule has 0 spiro atoms. The van der Waals surface area contributed by atoms with Crippen LogP contribution in [0.3, 0.4) is 0 Å². The van der Waals surface area contributed by atoms with Gasteiger partial charge < -0.3 is 15.4 Å². The average Bonchev–Trinajstić information content (AvgIpc) is 2.80. The highest BCUT2D eigenvalue weighted by Gasteiger charge is 2.19. The third-order valence-electron chi connectivity index (χ3n) is 3.24. The van der Waals surface area contributed by atoms with Gasteiger partial charge in [0, 0.05) is 31.1 Å². The fourth-order valence-corrected chi connectivity index (χ4v) is 2.18. The lowest BCUT2D eigenvalue weighted by Crippen LogP contribution is -2.33. The van der Waals surface area contributed by atoms with Crippen molar-refractivity contribution in [2.45, 2.75) is 38.3 Å². The van der Waals surface area contributed by atoms with Crippen molar-refractivity contribution >= 4 is 0 Å². The number of aliphatic hydroxyl groups excluding tert-OH is 1. The number of imidazole rings is 1. The maximum absolute atomic E-state index is 9.02. The van der Waals surface area contributed by atoms with Gasteiger partial charge in [0.25, 0.3) is 0 Å². The average molecular weight is 209 g/mol.